The highest BCUT2D eigenvalue weighted by molar-refractivity contribution is 7.26. The highest BCUT2D eigenvalue weighted by Crippen LogP contribution is 2.49. The Bertz CT molecular complexity index is 2120. The fraction of sp³-hybridized carbons (Fsp3) is 0. The van der Waals surface area contributed by atoms with Crippen LogP contribution in [-0.2, 0) is 0 Å². The van der Waals surface area contributed by atoms with Crippen molar-refractivity contribution in [3.8, 4) is 11.1 Å². The zero-order valence-electron chi connectivity index (χ0n) is 21.0. The number of furan rings is 1. The lowest BCUT2D eigenvalue weighted by molar-refractivity contribution is 0.669. The second kappa shape index (κ2) is 8.87. The van der Waals surface area contributed by atoms with Gasteiger partial charge in [-0.3, -0.25) is 0 Å². The van der Waals surface area contributed by atoms with E-state index in [1.165, 1.54) is 37.0 Å². The Labute approximate surface area is 230 Å². The minimum absolute atomic E-state index is 0.888. The van der Waals surface area contributed by atoms with Gasteiger partial charge in [-0.1, -0.05) is 97.1 Å². The van der Waals surface area contributed by atoms with Crippen LogP contribution >= 0.6 is 11.3 Å². The van der Waals surface area contributed by atoms with Crippen molar-refractivity contribution < 1.29 is 4.42 Å². The first-order chi connectivity index (χ1) is 19.3. The van der Waals surface area contributed by atoms with Crippen molar-refractivity contribution in [2.45, 2.75) is 0 Å². The summed E-state index contributed by atoms with van der Waals surface area (Å²) in [5, 5.41) is 4.84. The molecule has 0 atom stereocenters. The molecule has 0 unspecified atom stereocenters. The predicted molar refractivity (Wildman–Crippen MR) is 167 cm³/mol. The van der Waals surface area contributed by atoms with Gasteiger partial charge in [0.2, 0.25) is 0 Å². The Hall–Kier alpha value is -4.86. The van der Waals surface area contributed by atoms with Crippen LogP contribution in [0, 0.1) is 0 Å². The molecule has 0 spiro atoms. The number of hydrogen-bond donors (Lipinski definition) is 0. The summed E-state index contributed by atoms with van der Waals surface area (Å²) in [6, 6.07) is 49.5. The third-order valence-electron chi connectivity index (χ3n) is 7.46. The van der Waals surface area contributed by atoms with Gasteiger partial charge in [0.1, 0.15) is 11.2 Å². The molecule has 0 fully saturated rings. The van der Waals surface area contributed by atoms with Gasteiger partial charge in [-0.15, -0.1) is 11.3 Å². The summed E-state index contributed by atoms with van der Waals surface area (Å²) in [6.45, 7) is 0. The highest BCUT2D eigenvalue weighted by Gasteiger charge is 2.23. The van der Waals surface area contributed by atoms with Crippen LogP contribution in [0.25, 0.3) is 53.2 Å². The van der Waals surface area contributed by atoms with Crippen LogP contribution in [0.2, 0.25) is 0 Å². The largest absolute Gasteiger partial charge is 0.456 e. The van der Waals surface area contributed by atoms with E-state index in [0.29, 0.717) is 0 Å². The molecule has 0 saturated heterocycles. The predicted octanol–water partition coefficient (Wildman–Crippen LogP) is 11.1. The zero-order valence-corrected chi connectivity index (χ0v) is 21.9. The maximum Gasteiger partial charge on any atom is 0.137 e. The van der Waals surface area contributed by atoms with Gasteiger partial charge in [-0.05, 0) is 42.0 Å². The standard InChI is InChI=1S/C36H23NOS/c1-3-11-24(12-4-1)27-21-22-31-30-16-8-10-18-34(30)39-36(31)35(27)37(25-13-5-2-6-14-25)26-19-20-29-28-15-7-9-17-32(28)38-33(29)23-26/h1-23H. The van der Waals surface area contributed by atoms with Gasteiger partial charge in [-0.2, -0.15) is 0 Å². The van der Waals surface area contributed by atoms with Crippen molar-refractivity contribution in [3.05, 3.63) is 140 Å². The molecule has 0 N–H and O–H groups in total. The lowest BCUT2D eigenvalue weighted by Gasteiger charge is -2.28. The average Bonchev–Trinajstić information content (AvgIpc) is 3.57. The quantitative estimate of drug-likeness (QED) is 0.231. The Morgan fingerprint density at radius 1 is 0.487 bits per heavy atom. The van der Waals surface area contributed by atoms with Crippen LogP contribution in [0.15, 0.2) is 144 Å². The van der Waals surface area contributed by atoms with E-state index in [4.69, 9.17) is 4.42 Å². The van der Waals surface area contributed by atoms with Gasteiger partial charge >= 0.3 is 0 Å². The van der Waals surface area contributed by atoms with E-state index in [1.54, 1.807) is 0 Å². The third-order valence-corrected chi connectivity index (χ3v) is 8.66. The van der Waals surface area contributed by atoms with Crippen LogP contribution in [0.5, 0.6) is 0 Å². The molecular formula is C36H23NOS. The second-order valence-electron chi connectivity index (χ2n) is 9.75. The van der Waals surface area contributed by atoms with Crippen molar-refractivity contribution in [1.29, 1.82) is 0 Å². The highest BCUT2D eigenvalue weighted by atomic mass is 32.1. The van der Waals surface area contributed by atoms with E-state index in [0.717, 1.165) is 33.3 Å². The summed E-state index contributed by atoms with van der Waals surface area (Å²) in [6.07, 6.45) is 0. The molecule has 6 aromatic carbocycles. The van der Waals surface area contributed by atoms with Gasteiger partial charge in [0.25, 0.3) is 0 Å². The van der Waals surface area contributed by atoms with Gasteiger partial charge < -0.3 is 9.32 Å². The normalized spacial score (nSPS) is 11.6. The molecule has 0 aliphatic carbocycles. The SMILES string of the molecule is c1ccc(-c2ccc3c(sc4ccccc43)c2N(c2ccccc2)c2ccc3c(c2)oc2ccccc23)cc1. The van der Waals surface area contributed by atoms with Crippen molar-refractivity contribution in [2.24, 2.45) is 0 Å². The van der Waals surface area contributed by atoms with Crippen LogP contribution in [0.3, 0.4) is 0 Å². The number of thiophene rings is 1. The fourth-order valence-corrected chi connectivity index (χ4v) is 6.93. The smallest absolute Gasteiger partial charge is 0.137 e. The summed E-state index contributed by atoms with van der Waals surface area (Å²) < 4.78 is 8.90. The maximum atomic E-state index is 6.34. The minimum Gasteiger partial charge on any atom is -0.456 e. The van der Waals surface area contributed by atoms with E-state index in [1.807, 2.05) is 23.5 Å². The van der Waals surface area contributed by atoms with Crippen LogP contribution in [-0.4, -0.2) is 0 Å². The summed E-state index contributed by atoms with van der Waals surface area (Å²) in [5.41, 5.74) is 7.54. The third kappa shape index (κ3) is 3.55. The molecule has 0 aliphatic heterocycles. The van der Waals surface area contributed by atoms with Crippen molar-refractivity contribution in [2.75, 3.05) is 4.90 Å². The van der Waals surface area contributed by atoms with Crippen LogP contribution in [0.4, 0.5) is 17.1 Å². The van der Waals surface area contributed by atoms with Crippen LogP contribution in [0.1, 0.15) is 0 Å². The topological polar surface area (TPSA) is 16.4 Å². The van der Waals surface area contributed by atoms with Gasteiger partial charge in [0.15, 0.2) is 0 Å². The first kappa shape index (κ1) is 22.2. The Kier molecular flexibility index (Phi) is 5.04. The number of nitrogens with zero attached hydrogens (tertiary/aromatic N) is 1. The number of benzene rings is 6. The molecule has 8 aromatic rings. The van der Waals surface area contributed by atoms with Gasteiger partial charge in [0, 0.05) is 49.2 Å². The lowest BCUT2D eigenvalue weighted by atomic mass is 9.99. The molecule has 2 heterocycles. The molecule has 2 nitrogen and oxygen atoms in total. The molecule has 39 heavy (non-hydrogen) atoms. The first-order valence-corrected chi connectivity index (χ1v) is 13.9. The number of hydrogen-bond acceptors (Lipinski definition) is 3. The zero-order chi connectivity index (χ0) is 25.8. The molecule has 0 radical (unpaired) electrons. The Morgan fingerprint density at radius 3 is 2.00 bits per heavy atom. The number of anilines is 3. The number of rotatable bonds is 4. The maximum absolute atomic E-state index is 6.34. The summed E-state index contributed by atoms with van der Waals surface area (Å²) in [7, 11) is 0. The van der Waals surface area contributed by atoms with Crippen molar-refractivity contribution in [1.82, 2.24) is 0 Å². The number of para-hydroxylation sites is 2. The minimum atomic E-state index is 0.888. The van der Waals surface area contributed by atoms with E-state index in [9.17, 15) is 0 Å². The van der Waals surface area contributed by atoms with E-state index < -0.39 is 0 Å². The Balaban J connectivity index is 1.48. The molecule has 0 aliphatic rings. The molecule has 0 bridgehead atoms. The van der Waals surface area contributed by atoms with E-state index in [2.05, 4.69) is 132 Å². The molecule has 184 valence electrons. The molecule has 8 rings (SSSR count). The molecule has 0 saturated carbocycles. The summed E-state index contributed by atoms with van der Waals surface area (Å²) in [5.74, 6) is 0. The monoisotopic (exact) mass is 517 g/mol. The van der Waals surface area contributed by atoms with Crippen molar-refractivity contribution >= 4 is 70.5 Å². The fourth-order valence-electron chi connectivity index (χ4n) is 5.69. The summed E-state index contributed by atoms with van der Waals surface area (Å²) in [4.78, 5) is 2.40. The van der Waals surface area contributed by atoms with Crippen LogP contribution < -0.4 is 4.90 Å². The first-order valence-electron chi connectivity index (χ1n) is 13.1. The Morgan fingerprint density at radius 2 is 1.15 bits per heavy atom. The molecule has 0 amide bonds. The second-order valence-corrected chi connectivity index (χ2v) is 10.8. The molecule has 3 heteroatoms. The van der Waals surface area contributed by atoms with Gasteiger partial charge in [0.05, 0.1) is 10.4 Å². The van der Waals surface area contributed by atoms with Gasteiger partial charge in [-0.25, -0.2) is 0 Å². The molecule has 2 aromatic heterocycles. The molecular weight excluding hydrogens is 494 g/mol. The number of fused-ring (bicyclic) bond motifs is 6. The van der Waals surface area contributed by atoms with Crippen molar-refractivity contribution in [3.63, 3.8) is 0 Å². The summed E-state index contributed by atoms with van der Waals surface area (Å²) >= 11 is 1.86. The van der Waals surface area contributed by atoms with E-state index in [-0.39, 0.29) is 0 Å². The average molecular weight is 518 g/mol. The van der Waals surface area contributed by atoms with E-state index >= 15 is 0 Å². The lowest BCUT2D eigenvalue weighted by Crippen LogP contribution is -2.11.